The lowest BCUT2D eigenvalue weighted by molar-refractivity contribution is -0.133. The van der Waals surface area contributed by atoms with Gasteiger partial charge in [-0.1, -0.05) is 12.1 Å². The van der Waals surface area contributed by atoms with Crippen LogP contribution in [0.4, 0.5) is 0 Å². The molecule has 5 heteroatoms. The van der Waals surface area contributed by atoms with Crippen molar-refractivity contribution in [2.24, 2.45) is 0 Å². The number of piperazine rings is 1. The molecule has 1 aromatic carbocycles. The van der Waals surface area contributed by atoms with Crippen LogP contribution in [0.3, 0.4) is 0 Å². The number of rotatable bonds is 4. The van der Waals surface area contributed by atoms with Crippen LogP contribution in [0.2, 0.25) is 0 Å². The standard InChI is InChI=1S/C19H26N4O/c20-14-17-5-4-6-18(13-17)15-21-9-11-22(12-10-21)16-19(24)23-7-2-1-3-8-23/h4-6,13H,1-3,7-12,15-16H2. The molecule has 3 rings (SSSR count). The maximum absolute atomic E-state index is 12.3. The van der Waals surface area contributed by atoms with Crippen molar-refractivity contribution in [3.05, 3.63) is 35.4 Å². The molecule has 1 amide bonds. The highest BCUT2D eigenvalue weighted by molar-refractivity contribution is 5.78. The zero-order valence-corrected chi connectivity index (χ0v) is 14.3. The summed E-state index contributed by atoms with van der Waals surface area (Å²) in [4.78, 5) is 19.1. The number of piperidine rings is 1. The highest BCUT2D eigenvalue weighted by atomic mass is 16.2. The summed E-state index contributed by atoms with van der Waals surface area (Å²) in [7, 11) is 0. The third-order valence-electron chi connectivity index (χ3n) is 4.99. The van der Waals surface area contributed by atoms with Gasteiger partial charge in [0.1, 0.15) is 0 Å². The Morgan fingerprint density at radius 1 is 1.00 bits per heavy atom. The lowest BCUT2D eigenvalue weighted by atomic mass is 10.1. The van der Waals surface area contributed by atoms with Gasteiger partial charge in [0.2, 0.25) is 5.91 Å². The van der Waals surface area contributed by atoms with Crippen LogP contribution in [0, 0.1) is 11.3 Å². The van der Waals surface area contributed by atoms with E-state index < -0.39 is 0 Å². The van der Waals surface area contributed by atoms with Crippen LogP contribution >= 0.6 is 0 Å². The van der Waals surface area contributed by atoms with Crippen molar-refractivity contribution in [3.63, 3.8) is 0 Å². The maximum Gasteiger partial charge on any atom is 0.236 e. The van der Waals surface area contributed by atoms with Crippen LogP contribution in [-0.2, 0) is 11.3 Å². The van der Waals surface area contributed by atoms with E-state index in [4.69, 9.17) is 5.26 Å². The van der Waals surface area contributed by atoms with E-state index >= 15 is 0 Å². The van der Waals surface area contributed by atoms with Crippen molar-refractivity contribution in [2.45, 2.75) is 25.8 Å². The summed E-state index contributed by atoms with van der Waals surface area (Å²) in [5.74, 6) is 0.296. The summed E-state index contributed by atoms with van der Waals surface area (Å²) in [6.45, 7) is 7.16. The van der Waals surface area contributed by atoms with Gasteiger partial charge in [0.05, 0.1) is 18.2 Å². The average molecular weight is 326 g/mol. The topological polar surface area (TPSA) is 50.6 Å². The number of likely N-dealkylation sites (tertiary alicyclic amines) is 1. The fourth-order valence-electron chi connectivity index (χ4n) is 3.54. The van der Waals surface area contributed by atoms with E-state index in [1.54, 1.807) is 0 Å². The summed E-state index contributed by atoms with van der Waals surface area (Å²) in [6.07, 6.45) is 3.57. The molecule has 0 atom stereocenters. The van der Waals surface area contributed by atoms with Crippen LogP contribution in [0.1, 0.15) is 30.4 Å². The van der Waals surface area contributed by atoms with Crippen LogP contribution in [-0.4, -0.2) is 66.4 Å². The second-order valence-electron chi connectivity index (χ2n) is 6.81. The number of carbonyl (C=O) groups is 1. The minimum Gasteiger partial charge on any atom is -0.342 e. The van der Waals surface area contributed by atoms with Crippen LogP contribution in [0.15, 0.2) is 24.3 Å². The molecular weight excluding hydrogens is 300 g/mol. The molecule has 24 heavy (non-hydrogen) atoms. The third-order valence-corrected chi connectivity index (χ3v) is 4.99. The minimum atomic E-state index is 0.296. The van der Waals surface area contributed by atoms with E-state index in [9.17, 15) is 4.79 Å². The van der Waals surface area contributed by atoms with Crippen molar-refractivity contribution >= 4 is 5.91 Å². The number of benzene rings is 1. The third kappa shape index (κ3) is 4.56. The molecule has 2 fully saturated rings. The average Bonchev–Trinajstić information content (AvgIpc) is 2.64. The molecule has 0 unspecified atom stereocenters. The molecule has 0 bridgehead atoms. The molecule has 2 aliphatic heterocycles. The summed E-state index contributed by atoms with van der Waals surface area (Å²) < 4.78 is 0. The molecule has 0 radical (unpaired) electrons. The van der Waals surface area contributed by atoms with E-state index in [0.29, 0.717) is 12.5 Å². The van der Waals surface area contributed by atoms with E-state index in [0.717, 1.165) is 64.2 Å². The first-order chi connectivity index (χ1) is 11.7. The van der Waals surface area contributed by atoms with Crippen molar-refractivity contribution in [2.75, 3.05) is 45.8 Å². The molecule has 2 saturated heterocycles. The van der Waals surface area contributed by atoms with E-state index in [-0.39, 0.29) is 0 Å². The van der Waals surface area contributed by atoms with Gasteiger partial charge in [-0.3, -0.25) is 14.6 Å². The largest absolute Gasteiger partial charge is 0.342 e. The maximum atomic E-state index is 12.3. The summed E-state index contributed by atoms with van der Waals surface area (Å²) >= 11 is 0. The molecular formula is C19H26N4O. The predicted molar refractivity (Wildman–Crippen MR) is 93.3 cm³/mol. The molecule has 2 aliphatic rings. The smallest absolute Gasteiger partial charge is 0.236 e. The Bertz CT molecular complexity index is 596. The number of hydrogen-bond donors (Lipinski definition) is 0. The molecule has 1 aromatic rings. The van der Waals surface area contributed by atoms with Gasteiger partial charge in [-0.05, 0) is 37.0 Å². The monoisotopic (exact) mass is 326 g/mol. The SMILES string of the molecule is N#Cc1cccc(CN2CCN(CC(=O)N3CCCCC3)CC2)c1. The van der Waals surface area contributed by atoms with Gasteiger partial charge in [0.25, 0.3) is 0 Å². The van der Waals surface area contributed by atoms with Gasteiger partial charge in [-0.2, -0.15) is 5.26 Å². The zero-order valence-electron chi connectivity index (χ0n) is 14.3. The van der Waals surface area contributed by atoms with E-state index in [1.807, 2.05) is 23.1 Å². The number of carbonyl (C=O) groups excluding carboxylic acids is 1. The van der Waals surface area contributed by atoms with Gasteiger partial charge in [0.15, 0.2) is 0 Å². The first kappa shape index (κ1) is 16.9. The Morgan fingerprint density at radius 2 is 1.71 bits per heavy atom. The Hall–Kier alpha value is -1.90. The second kappa shape index (κ2) is 8.27. The summed E-state index contributed by atoms with van der Waals surface area (Å²) in [6, 6.07) is 10.0. The number of nitriles is 1. The van der Waals surface area contributed by atoms with E-state index in [2.05, 4.69) is 21.9 Å². The normalized spacial score (nSPS) is 19.9. The first-order valence-corrected chi connectivity index (χ1v) is 8.96. The predicted octanol–water partition coefficient (Wildman–Crippen LogP) is 1.69. The summed E-state index contributed by atoms with van der Waals surface area (Å²) in [5.41, 5.74) is 1.91. The van der Waals surface area contributed by atoms with Crippen LogP contribution < -0.4 is 0 Å². The lowest BCUT2D eigenvalue weighted by Crippen LogP contribution is -2.50. The van der Waals surface area contributed by atoms with Crippen molar-refractivity contribution in [3.8, 4) is 6.07 Å². The molecule has 0 saturated carbocycles. The van der Waals surface area contributed by atoms with Gasteiger partial charge >= 0.3 is 0 Å². The summed E-state index contributed by atoms with van der Waals surface area (Å²) in [5, 5.41) is 8.99. The lowest BCUT2D eigenvalue weighted by Gasteiger charge is -2.36. The molecule has 0 aromatic heterocycles. The number of hydrogen-bond acceptors (Lipinski definition) is 4. The van der Waals surface area contributed by atoms with Gasteiger partial charge in [-0.15, -0.1) is 0 Å². The first-order valence-electron chi connectivity index (χ1n) is 8.96. The fraction of sp³-hybridized carbons (Fsp3) is 0.579. The highest BCUT2D eigenvalue weighted by Crippen LogP contribution is 2.12. The van der Waals surface area contributed by atoms with Gasteiger partial charge in [-0.25, -0.2) is 0 Å². The van der Waals surface area contributed by atoms with Crippen LogP contribution in [0.5, 0.6) is 0 Å². The minimum absolute atomic E-state index is 0.296. The second-order valence-corrected chi connectivity index (χ2v) is 6.81. The Balaban J connectivity index is 1.43. The number of nitrogens with zero attached hydrogens (tertiary/aromatic N) is 4. The molecule has 0 aliphatic carbocycles. The van der Waals surface area contributed by atoms with Gasteiger partial charge < -0.3 is 4.90 Å². The fourth-order valence-corrected chi connectivity index (χ4v) is 3.54. The molecule has 128 valence electrons. The van der Waals surface area contributed by atoms with Crippen molar-refractivity contribution in [1.29, 1.82) is 5.26 Å². The Morgan fingerprint density at radius 3 is 2.42 bits per heavy atom. The van der Waals surface area contributed by atoms with Crippen molar-refractivity contribution in [1.82, 2.24) is 14.7 Å². The molecule has 5 nitrogen and oxygen atoms in total. The number of amides is 1. The highest BCUT2D eigenvalue weighted by Gasteiger charge is 2.22. The Labute approximate surface area is 144 Å². The molecule has 2 heterocycles. The van der Waals surface area contributed by atoms with Crippen molar-refractivity contribution < 1.29 is 4.79 Å². The zero-order chi connectivity index (χ0) is 16.8. The van der Waals surface area contributed by atoms with Gasteiger partial charge in [0, 0.05) is 45.8 Å². The van der Waals surface area contributed by atoms with Crippen LogP contribution in [0.25, 0.3) is 0 Å². The molecule has 0 N–H and O–H groups in total. The van der Waals surface area contributed by atoms with E-state index in [1.165, 1.54) is 12.0 Å². The quantitative estimate of drug-likeness (QED) is 0.845. The molecule has 0 spiro atoms. The Kier molecular flexibility index (Phi) is 5.84.